The lowest BCUT2D eigenvalue weighted by Crippen LogP contribution is -2.47. The Kier molecular flexibility index (Phi) is 6.19. The van der Waals surface area contributed by atoms with E-state index in [1.54, 1.807) is 12.1 Å². The van der Waals surface area contributed by atoms with Gasteiger partial charge in [-0.15, -0.1) is 0 Å². The van der Waals surface area contributed by atoms with Gasteiger partial charge < -0.3 is 9.84 Å². The zero-order chi connectivity index (χ0) is 16.1. The van der Waals surface area contributed by atoms with Gasteiger partial charge in [-0.05, 0) is 37.0 Å². The van der Waals surface area contributed by atoms with E-state index in [0.717, 1.165) is 0 Å². The summed E-state index contributed by atoms with van der Waals surface area (Å²) < 4.78 is 33.4. The summed E-state index contributed by atoms with van der Waals surface area (Å²) in [7, 11) is -2.29. The molecule has 0 aliphatic rings. The van der Waals surface area contributed by atoms with Crippen LogP contribution in [0.5, 0.6) is 5.75 Å². The fraction of sp³-hybridized carbons (Fsp3) is 0.600. The van der Waals surface area contributed by atoms with Crippen molar-refractivity contribution in [2.45, 2.75) is 57.1 Å². The van der Waals surface area contributed by atoms with Crippen molar-refractivity contribution < 1.29 is 18.3 Å². The molecule has 5 nitrogen and oxygen atoms in total. The molecule has 2 N–H and O–H groups in total. The van der Waals surface area contributed by atoms with E-state index < -0.39 is 15.6 Å². The number of aliphatic hydroxyl groups excluding tert-OH is 1. The SMILES string of the molecule is CCC(CC)(CC)NS(=O)(=O)c1cc(CO)ccc1OC. The highest BCUT2D eigenvalue weighted by Crippen LogP contribution is 2.28. The lowest BCUT2D eigenvalue weighted by Gasteiger charge is -2.31. The quantitative estimate of drug-likeness (QED) is 0.772. The topological polar surface area (TPSA) is 75.6 Å². The summed E-state index contributed by atoms with van der Waals surface area (Å²) in [6.45, 7) is 5.69. The van der Waals surface area contributed by atoms with Crippen LogP contribution in [0.2, 0.25) is 0 Å². The molecule has 0 aliphatic heterocycles. The molecule has 0 radical (unpaired) electrons. The standard InChI is InChI=1S/C15H25NO4S/c1-5-15(6-2,7-3)16-21(18,19)14-10-12(11-17)8-9-13(14)20-4/h8-10,16-17H,5-7,11H2,1-4H3. The number of nitrogens with one attached hydrogen (secondary N) is 1. The summed E-state index contributed by atoms with van der Waals surface area (Å²) in [5, 5.41) is 9.21. The van der Waals surface area contributed by atoms with Gasteiger partial charge >= 0.3 is 0 Å². The van der Waals surface area contributed by atoms with E-state index in [1.807, 2.05) is 20.8 Å². The molecule has 0 heterocycles. The average Bonchev–Trinajstić information content (AvgIpc) is 2.52. The van der Waals surface area contributed by atoms with Gasteiger partial charge in [0.05, 0.1) is 13.7 Å². The first-order valence-corrected chi connectivity index (χ1v) is 8.68. The van der Waals surface area contributed by atoms with Gasteiger partial charge in [0.25, 0.3) is 0 Å². The molecular formula is C15H25NO4S. The van der Waals surface area contributed by atoms with Gasteiger partial charge in [-0.1, -0.05) is 26.8 Å². The zero-order valence-corrected chi connectivity index (χ0v) is 14.0. The van der Waals surface area contributed by atoms with Crippen LogP contribution >= 0.6 is 0 Å². The van der Waals surface area contributed by atoms with Crippen molar-refractivity contribution in [3.8, 4) is 5.75 Å². The molecule has 0 aliphatic carbocycles. The highest BCUT2D eigenvalue weighted by Gasteiger charge is 2.32. The van der Waals surface area contributed by atoms with Crippen molar-refractivity contribution in [2.75, 3.05) is 7.11 Å². The molecule has 0 aromatic heterocycles. The first-order valence-electron chi connectivity index (χ1n) is 7.19. The third-order valence-electron chi connectivity index (χ3n) is 4.08. The van der Waals surface area contributed by atoms with E-state index in [4.69, 9.17) is 4.74 Å². The monoisotopic (exact) mass is 315 g/mol. The maximum Gasteiger partial charge on any atom is 0.244 e. The van der Waals surface area contributed by atoms with Crippen molar-refractivity contribution in [1.29, 1.82) is 0 Å². The van der Waals surface area contributed by atoms with E-state index in [-0.39, 0.29) is 17.3 Å². The Labute approximate surface area is 127 Å². The lowest BCUT2D eigenvalue weighted by atomic mass is 9.91. The van der Waals surface area contributed by atoms with Gasteiger partial charge in [0.2, 0.25) is 10.0 Å². The number of rotatable bonds is 8. The van der Waals surface area contributed by atoms with Crippen LogP contribution in [0.1, 0.15) is 45.6 Å². The summed E-state index contributed by atoms with van der Waals surface area (Å²) in [5.74, 6) is 0.275. The molecule has 0 fully saturated rings. The summed E-state index contributed by atoms with van der Waals surface area (Å²) in [6.07, 6.45) is 2.13. The fourth-order valence-electron chi connectivity index (χ4n) is 2.34. The Morgan fingerprint density at radius 1 is 1.19 bits per heavy atom. The molecule has 120 valence electrons. The molecule has 1 aromatic rings. The number of hydrogen-bond acceptors (Lipinski definition) is 4. The van der Waals surface area contributed by atoms with Crippen LogP contribution in [-0.2, 0) is 16.6 Å². The van der Waals surface area contributed by atoms with E-state index in [9.17, 15) is 13.5 Å². The molecule has 0 saturated heterocycles. The minimum absolute atomic E-state index is 0.0660. The number of ether oxygens (including phenoxy) is 1. The number of sulfonamides is 1. The fourth-order valence-corrected chi connectivity index (χ4v) is 4.17. The molecular weight excluding hydrogens is 290 g/mol. The second-order valence-corrected chi connectivity index (χ2v) is 6.74. The average molecular weight is 315 g/mol. The summed E-state index contributed by atoms with van der Waals surface area (Å²) in [6, 6.07) is 4.66. The zero-order valence-electron chi connectivity index (χ0n) is 13.1. The summed E-state index contributed by atoms with van der Waals surface area (Å²) >= 11 is 0. The first-order chi connectivity index (χ1) is 9.87. The Bertz CT molecular complexity index is 557. The molecule has 0 amide bonds. The molecule has 0 atom stereocenters. The Morgan fingerprint density at radius 3 is 2.19 bits per heavy atom. The van der Waals surface area contributed by atoms with Crippen LogP contribution < -0.4 is 9.46 Å². The first kappa shape index (κ1) is 17.9. The maximum absolute atomic E-state index is 12.7. The molecule has 1 aromatic carbocycles. The third-order valence-corrected chi connectivity index (χ3v) is 5.68. The second-order valence-electron chi connectivity index (χ2n) is 5.09. The van der Waals surface area contributed by atoms with Gasteiger partial charge in [-0.2, -0.15) is 0 Å². The highest BCUT2D eigenvalue weighted by atomic mass is 32.2. The smallest absolute Gasteiger partial charge is 0.244 e. The van der Waals surface area contributed by atoms with Gasteiger partial charge in [-0.3, -0.25) is 0 Å². The van der Waals surface area contributed by atoms with E-state index in [2.05, 4.69) is 4.72 Å². The second kappa shape index (κ2) is 7.24. The van der Waals surface area contributed by atoms with Crippen LogP contribution in [0, 0.1) is 0 Å². The molecule has 0 spiro atoms. The van der Waals surface area contributed by atoms with Gasteiger partial charge in [0, 0.05) is 5.54 Å². The Morgan fingerprint density at radius 2 is 1.76 bits per heavy atom. The molecule has 21 heavy (non-hydrogen) atoms. The Balaban J connectivity index is 3.30. The molecule has 0 saturated carbocycles. The molecule has 6 heteroatoms. The summed E-state index contributed by atoms with van der Waals surface area (Å²) in [5.41, 5.74) is 0.0743. The minimum atomic E-state index is -3.72. The highest BCUT2D eigenvalue weighted by molar-refractivity contribution is 7.89. The predicted molar refractivity (Wildman–Crippen MR) is 82.8 cm³/mol. The van der Waals surface area contributed by atoms with Crippen molar-refractivity contribution in [2.24, 2.45) is 0 Å². The van der Waals surface area contributed by atoms with E-state index >= 15 is 0 Å². The van der Waals surface area contributed by atoms with Gasteiger partial charge in [-0.25, -0.2) is 13.1 Å². The van der Waals surface area contributed by atoms with Crippen LogP contribution in [0.3, 0.4) is 0 Å². The normalized spacial score (nSPS) is 12.4. The van der Waals surface area contributed by atoms with Gasteiger partial charge in [0.1, 0.15) is 10.6 Å². The number of hydrogen-bond donors (Lipinski definition) is 2. The van der Waals surface area contributed by atoms with Crippen molar-refractivity contribution in [3.63, 3.8) is 0 Å². The molecule has 0 unspecified atom stereocenters. The largest absolute Gasteiger partial charge is 0.495 e. The summed E-state index contributed by atoms with van der Waals surface area (Å²) in [4.78, 5) is 0.0660. The Hall–Kier alpha value is -1.11. The predicted octanol–water partition coefficient (Wildman–Crippen LogP) is 2.43. The van der Waals surface area contributed by atoms with Crippen LogP contribution in [0.15, 0.2) is 23.1 Å². The number of aliphatic hydroxyl groups is 1. The maximum atomic E-state index is 12.7. The lowest BCUT2D eigenvalue weighted by molar-refractivity contribution is 0.281. The van der Waals surface area contributed by atoms with E-state index in [1.165, 1.54) is 13.2 Å². The van der Waals surface area contributed by atoms with Crippen molar-refractivity contribution in [1.82, 2.24) is 4.72 Å². The van der Waals surface area contributed by atoms with Crippen molar-refractivity contribution in [3.05, 3.63) is 23.8 Å². The van der Waals surface area contributed by atoms with Crippen molar-refractivity contribution >= 4 is 10.0 Å². The third kappa shape index (κ3) is 3.96. The number of benzene rings is 1. The molecule has 1 rings (SSSR count). The van der Waals surface area contributed by atoms with Gasteiger partial charge in [0.15, 0.2) is 0 Å². The van der Waals surface area contributed by atoms with Crippen LogP contribution in [0.25, 0.3) is 0 Å². The number of methoxy groups -OCH3 is 1. The van der Waals surface area contributed by atoms with E-state index in [0.29, 0.717) is 24.8 Å². The molecule has 0 bridgehead atoms. The van der Waals surface area contributed by atoms with Crippen LogP contribution in [-0.4, -0.2) is 26.2 Å². The van der Waals surface area contributed by atoms with Crippen LogP contribution in [0.4, 0.5) is 0 Å². The minimum Gasteiger partial charge on any atom is -0.495 e.